The second-order valence-electron chi connectivity index (χ2n) is 5.23. The highest BCUT2D eigenvalue weighted by Crippen LogP contribution is 2.02. The first-order valence-electron chi connectivity index (χ1n) is 7.68. The number of carbonyl (C=O) groups is 1. The van der Waals surface area contributed by atoms with Crippen molar-refractivity contribution in [3.05, 3.63) is 24.4 Å². The van der Waals surface area contributed by atoms with Crippen LogP contribution in [0.3, 0.4) is 0 Å². The summed E-state index contributed by atoms with van der Waals surface area (Å²) in [4.78, 5) is 20.6. The summed E-state index contributed by atoms with van der Waals surface area (Å²) in [6.45, 7) is 9.66. The van der Waals surface area contributed by atoms with Crippen molar-refractivity contribution in [1.82, 2.24) is 20.1 Å². The molecule has 1 aromatic heterocycles. The molecular formula is C15H25N5O. The molecule has 0 unspecified atom stereocenters. The molecule has 6 heteroatoms. The van der Waals surface area contributed by atoms with E-state index in [9.17, 15) is 4.79 Å². The molecule has 0 aromatic carbocycles. The first-order valence-corrected chi connectivity index (χ1v) is 7.68. The number of nitrogens with zero attached hydrogens (tertiary/aromatic N) is 3. The van der Waals surface area contributed by atoms with Gasteiger partial charge in [0.05, 0.1) is 0 Å². The number of urea groups is 1. The van der Waals surface area contributed by atoms with Crippen molar-refractivity contribution in [3.63, 3.8) is 0 Å². The smallest absolute Gasteiger partial charge is 0.320 e. The zero-order chi connectivity index (χ0) is 14.9. The monoisotopic (exact) mass is 291 g/mol. The van der Waals surface area contributed by atoms with E-state index in [0.717, 1.165) is 45.7 Å². The van der Waals surface area contributed by atoms with Gasteiger partial charge in [-0.1, -0.05) is 13.0 Å². The van der Waals surface area contributed by atoms with Crippen LogP contribution in [0.15, 0.2) is 24.4 Å². The molecule has 1 fully saturated rings. The summed E-state index contributed by atoms with van der Waals surface area (Å²) in [5, 5.41) is 5.58. The van der Waals surface area contributed by atoms with Crippen LogP contribution in [0.4, 0.5) is 10.6 Å². The van der Waals surface area contributed by atoms with Crippen LogP contribution in [0.2, 0.25) is 0 Å². The van der Waals surface area contributed by atoms with Crippen LogP contribution in [-0.4, -0.2) is 66.6 Å². The molecule has 2 rings (SSSR count). The van der Waals surface area contributed by atoms with Crippen molar-refractivity contribution >= 4 is 11.8 Å². The van der Waals surface area contributed by atoms with E-state index < -0.39 is 0 Å². The van der Waals surface area contributed by atoms with Crippen molar-refractivity contribution in [2.45, 2.75) is 13.3 Å². The van der Waals surface area contributed by atoms with Gasteiger partial charge in [0.25, 0.3) is 0 Å². The molecule has 1 aromatic rings. The highest BCUT2D eigenvalue weighted by molar-refractivity contribution is 5.88. The number of rotatable bonds is 6. The van der Waals surface area contributed by atoms with Gasteiger partial charge in [0.1, 0.15) is 5.82 Å². The maximum Gasteiger partial charge on any atom is 0.320 e. The highest BCUT2D eigenvalue weighted by Gasteiger charge is 2.14. The predicted molar refractivity (Wildman–Crippen MR) is 84.4 cm³/mol. The van der Waals surface area contributed by atoms with Gasteiger partial charge in [0.15, 0.2) is 0 Å². The lowest BCUT2D eigenvalue weighted by Gasteiger charge is -2.33. The molecule has 0 bridgehead atoms. The van der Waals surface area contributed by atoms with Gasteiger partial charge in [-0.15, -0.1) is 0 Å². The Morgan fingerprint density at radius 2 is 2.00 bits per heavy atom. The maximum atomic E-state index is 11.7. The summed E-state index contributed by atoms with van der Waals surface area (Å²) < 4.78 is 0. The number of hydrogen-bond acceptors (Lipinski definition) is 4. The van der Waals surface area contributed by atoms with Crippen LogP contribution in [0.5, 0.6) is 0 Å². The van der Waals surface area contributed by atoms with Crippen LogP contribution in [0, 0.1) is 0 Å². The fourth-order valence-corrected chi connectivity index (χ4v) is 2.43. The van der Waals surface area contributed by atoms with Crippen LogP contribution in [-0.2, 0) is 0 Å². The molecule has 0 spiro atoms. The van der Waals surface area contributed by atoms with Crippen LogP contribution in [0.1, 0.15) is 13.3 Å². The van der Waals surface area contributed by atoms with E-state index in [2.05, 4.69) is 32.3 Å². The average Bonchev–Trinajstić information content (AvgIpc) is 2.53. The molecule has 2 heterocycles. The van der Waals surface area contributed by atoms with Crippen LogP contribution < -0.4 is 10.6 Å². The number of nitrogens with one attached hydrogen (secondary N) is 2. The SMILES string of the molecule is CCN1CCN(CCCNC(=O)Nc2ccccn2)CC1. The third-order valence-corrected chi connectivity index (χ3v) is 3.76. The number of likely N-dealkylation sites (N-methyl/N-ethyl adjacent to an activating group) is 1. The van der Waals surface area contributed by atoms with Gasteiger partial charge >= 0.3 is 6.03 Å². The third kappa shape index (κ3) is 5.69. The van der Waals surface area contributed by atoms with Gasteiger partial charge in [-0.3, -0.25) is 5.32 Å². The van der Waals surface area contributed by atoms with Gasteiger partial charge in [0.2, 0.25) is 0 Å². The Kier molecular flexibility index (Phi) is 6.43. The first-order chi connectivity index (χ1) is 10.3. The maximum absolute atomic E-state index is 11.7. The quantitative estimate of drug-likeness (QED) is 0.774. The van der Waals surface area contributed by atoms with Gasteiger partial charge in [-0.25, -0.2) is 9.78 Å². The van der Waals surface area contributed by atoms with E-state index >= 15 is 0 Å². The summed E-state index contributed by atoms with van der Waals surface area (Å²) in [5.41, 5.74) is 0. The van der Waals surface area contributed by atoms with Gasteiger partial charge in [0, 0.05) is 38.9 Å². The molecular weight excluding hydrogens is 266 g/mol. The van der Waals surface area contributed by atoms with Crippen molar-refractivity contribution in [3.8, 4) is 0 Å². The topological polar surface area (TPSA) is 60.5 Å². The van der Waals surface area contributed by atoms with Gasteiger partial charge < -0.3 is 15.1 Å². The lowest BCUT2D eigenvalue weighted by Crippen LogP contribution is -2.46. The standard InChI is InChI=1S/C15H25N5O/c1-2-19-10-12-20(13-11-19)9-5-8-17-15(21)18-14-6-3-4-7-16-14/h3-4,6-7H,2,5,8-13H2,1H3,(H2,16,17,18,21). The summed E-state index contributed by atoms with van der Waals surface area (Å²) in [7, 11) is 0. The molecule has 1 aliphatic rings. The molecule has 6 nitrogen and oxygen atoms in total. The predicted octanol–water partition coefficient (Wildman–Crippen LogP) is 1.23. The second-order valence-corrected chi connectivity index (χ2v) is 5.23. The molecule has 2 amide bonds. The minimum absolute atomic E-state index is 0.190. The van der Waals surface area contributed by atoms with E-state index in [0.29, 0.717) is 12.4 Å². The van der Waals surface area contributed by atoms with Crippen molar-refractivity contribution in [1.29, 1.82) is 0 Å². The van der Waals surface area contributed by atoms with Crippen LogP contribution in [0.25, 0.3) is 0 Å². The number of aromatic nitrogens is 1. The summed E-state index contributed by atoms with van der Waals surface area (Å²) in [6, 6.07) is 5.25. The fourth-order valence-electron chi connectivity index (χ4n) is 2.43. The number of carbonyl (C=O) groups excluding carboxylic acids is 1. The van der Waals surface area contributed by atoms with Crippen molar-refractivity contribution in [2.24, 2.45) is 0 Å². The molecule has 1 aliphatic heterocycles. The molecule has 0 aliphatic carbocycles. The molecule has 0 radical (unpaired) electrons. The lowest BCUT2D eigenvalue weighted by molar-refractivity contribution is 0.136. The summed E-state index contributed by atoms with van der Waals surface area (Å²) >= 11 is 0. The van der Waals surface area contributed by atoms with E-state index in [4.69, 9.17) is 0 Å². The van der Waals surface area contributed by atoms with Gasteiger partial charge in [-0.05, 0) is 31.6 Å². The average molecular weight is 291 g/mol. The Labute approximate surface area is 126 Å². The zero-order valence-corrected chi connectivity index (χ0v) is 12.7. The minimum atomic E-state index is -0.190. The highest BCUT2D eigenvalue weighted by atomic mass is 16.2. The normalized spacial score (nSPS) is 16.6. The van der Waals surface area contributed by atoms with Gasteiger partial charge in [-0.2, -0.15) is 0 Å². The summed E-state index contributed by atoms with van der Waals surface area (Å²) in [6.07, 6.45) is 2.63. The van der Waals surface area contributed by atoms with E-state index in [1.807, 2.05) is 12.1 Å². The number of piperazine rings is 1. The molecule has 1 saturated heterocycles. The van der Waals surface area contributed by atoms with Crippen molar-refractivity contribution < 1.29 is 4.79 Å². The number of pyridine rings is 1. The Hall–Kier alpha value is -1.66. The number of hydrogen-bond donors (Lipinski definition) is 2. The molecule has 21 heavy (non-hydrogen) atoms. The summed E-state index contributed by atoms with van der Waals surface area (Å²) in [5.74, 6) is 0.575. The molecule has 116 valence electrons. The van der Waals surface area contributed by atoms with E-state index in [-0.39, 0.29) is 6.03 Å². The Balaban J connectivity index is 1.54. The van der Waals surface area contributed by atoms with Crippen molar-refractivity contribution in [2.75, 3.05) is 51.1 Å². The largest absolute Gasteiger partial charge is 0.338 e. The molecule has 2 N–H and O–H groups in total. The molecule has 0 atom stereocenters. The Morgan fingerprint density at radius 1 is 1.24 bits per heavy atom. The second kappa shape index (κ2) is 8.59. The lowest BCUT2D eigenvalue weighted by atomic mass is 10.3. The number of amides is 2. The third-order valence-electron chi connectivity index (χ3n) is 3.76. The van der Waals surface area contributed by atoms with E-state index in [1.54, 1.807) is 12.3 Å². The Morgan fingerprint density at radius 3 is 2.67 bits per heavy atom. The Bertz CT molecular complexity index is 417. The minimum Gasteiger partial charge on any atom is -0.338 e. The zero-order valence-electron chi connectivity index (χ0n) is 12.7. The first kappa shape index (κ1) is 15.7. The van der Waals surface area contributed by atoms with Crippen LogP contribution >= 0.6 is 0 Å². The van der Waals surface area contributed by atoms with E-state index in [1.165, 1.54) is 0 Å². The molecule has 0 saturated carbocycles. The number of anilines is 1. The fraction of sp³-hybridized carbons (Fsp3) is 0.600.